The quantitative estimate of drug-likeness (QED) is 0.916. The predicted octanol–water partition coefficient (Wildman–Crippen LogP) is 2.07. The van der Waals surface area contributed by atoms with Gasteiger partial charge in [0.1, 0.15) is 5.69 Å². The van der Waals surface area contributed by atoms with E-state index in [1.807, 2.05) is 38.1 Å². The van der Waals surface area contributed by atoms with Gasteiger partial charge in [0.05, 0.1) is 11.9 Å². The summed E-state index contributed by atoms with van der Waals surface area (Å²) in [5.74, 6) is -0.152. The number of carbonyl (C=O) groups is 1. The number of rotatable bonds is 3. The van der Waals surface area contributed by atoms with Crippen LogP contribution in [0.25, 0.3) is 0 Å². The zero-order valence-electron chi connectivity index (χ0n) is 11.4. The third-order valence-corrected chi connectivity index (χ3v) is 3.10. The van der Waals surface area contributed by atoms with Gasteiger partial charge in [-0.2, -0.15) is 5.10 Å². The van der Waals surface area contributed by atoms with Crippen LogP contribution in [0, 0.1) is 6.92 Å². The molecule has 1 aromatic heterocycles. The van der Waals surface area contributed by atoms with Gasteiger partial charge in [-0.25, -0.2) is 0 Å². The standard InChI is InChI=1S/C14H18N4O/c1-4-18-13(12(15)9-16-18)14(19)17(3)11-7-5-10(2)6-8-11/h5-9H,4,15H2,1-3H3. The lowest BCUT2D eigenvalue weighted by atomic mass is 10.2. The van der Waals surface area contributed by atoms with Gasteiger partial charge in [-0.1, -0.05) is 17.7 Å². The summed E-state index contributed by atoms with van der Waals surface area (Å²) >= 11 is 0. The molecule has 2 aromatic rings. The Morgan fingerprint density at radius 3 is 2.58 bits per heavy atom. The number of nitrogens with zero attached hydrogens (tertiary/aromatic N) is 3. The molecule has 1 heterocycles. The molecule has 0 bridgehead atoms. The number of aryl methyl sites for hydroxylation is 2. The summed E-state index contributed by atoms with van der Waals surface area (Å²) < 4.78 is 1.61. The average Bonchev–Trinajstić information content (AvgIpc) is 2.79. The van der Waals surface area contributed by atoms with E-state index >= 15 is 0 Å². The SMILES string of the molecule is CCn1ncc(N)c1C(=O)N(C)c1ccc(C)cc1. The summed E-state index contributed by atoms with van der Waals surface area (Å²) in [6.07, 6.45) is 1.51. The van der Waals surface area contributed by atoms with Crippen LogP contribution in [-0.4, -0.2) is 22.7 Å². The van der Waals surface area contributed by atoms with Gasteiger partial charge >= 0.3 is 0 Å². The average molecular weight is 258 g/mol. The van der Waals surface area contributed by atoms with Crippen molar-refractivity contribution >= 4 is 17.3 Å². The second-order valence-corrected chi connectivity index (χ2v) is 4.46. The molecule has 0 aliphatic carbocycles. The molecule has 0 aliphatic heterocycles. The number of amides is 1. The van der Waals surface area contributed by atoms with E-state index in [4.69, 9.17) is 5.73 Å². The molecule has 0 saturated carbocycles. The fraction of sp³-hybridized carbons (Fsp3) is 0.286. The molecule has 5 heteroatoms. The highest BCUT2D eigenvalue weighted by molar-refractivity contribution is 6.07. The van der Waals surface area contributed by atoms with Crippen LogP contribution in [0.2, 0.25) is 0 Å². The van der Waals surface area contributed by atoms with E-state index < -0.39 is 0 Å². The lowest BCUT2D eigenvalue weighted by Crippen LogP contribution is -2.29. The maximum Gasteiger partial charge on any atom is 0.278 e. The number of hydrogen-bond donors (Lipinski definition) is 1. The van der Waals surface area contributed by atoms with Crippen molar-refractivity contribution in [3.63, 3.8) is 0 Å². The van der Waals surface area contributed by atoms with E-state index in [-0.39, 0.29) is 5.91 Å². The number of anilines is 2. The Balaban J connectivity index is 2.33. The van der Waals surface area contributed by atoms with Crippen LogP contribution in [0.15, 0.2) is 30.5 Å². The third-order valence-electron chi connectivity index (χ3n) is 3.10. The highest BCUT2D eigenvalue weighted by Gasteiger charge is 2.20. The second-order valence-electron chi connectivity index (χ2n) is 4.46. The van der Waals surface area contributed by atoms with Crippen molar-refractivity contribution in [1.82, 2.24) is 9.78 Å². The van der Waals surface area contributed by atoms with Crippen LogP contribution >= 0.6 is 0 Å². The van der Waals surface area contributed by atoms with E-state index in [0.717, 1.165) is 11.3 Å². The van der Waals surface area contributed by atoms with Gasteiger partial charge in [-0.3, -0.25) is 9.48 Å². The lowest BCUT2D eigenvalue weighted by Gasteiger charge is -2.18. The van der Waals surface area contributed by atoms with Gasteiger partial charge in [0, 0.05) is 19.3 Å². The molecule has 2 N–H and O–H groups in total. The Labute approximate surface area is 112 Å². The van der Waals surface area contributed by atoms with Gasteiger partial charge in [0.15, 0.2) is 0 Å². The first kappa shape index (κ1) is 13.1. The summed E-state index contributed by atoms with van der Waals surface area (Å²) in [7, 11) is 1.74. The summed E-state index contributed by atoms with van der Waals surface area (Å²) in [6.45, 7) is 4.55. The van der Waals surface area contributed by atoms with Gasteiger partial charge < -0.3 is 10.6 Å². The molecule has 0 fully saturated rings. The summed E-state index contributed by atoms with van der Waals surface area (Å²) in [5.41, 5.74) is 8.66. The number of benzene rings is 1. The molecule has 0 spiro atoms. The van der Waals surface area contributed by atoms with Crippen LogP contribution in [0.3, 0.4) is 0 Å². The third kappa shape index (κ3) is 2.45. The van der Waals surface area contributed by atoms with E-state index in [2.05, 4.69) is 5.10 Å². The smallest absolute Gasteiger partial charge is 0.278 e. The van der Waals surface area contributed by atoms with Crippen molar-refractivity contribution in [2.45, 2.75) is 20.4 Å². The molecule has 0 atom stereocenters. The molecule has 100 valence electrons. The predicted molar refractivity (Wildman–Crippen MR) is 76.2 cm³/mol. The van der Waals surface area contributed by atoms with Crippen LogP contribution in [-0.2, 0) is 6.54 Å². The lowest BCUT2D eigenvalue weighted by molar-refractivity contribution is 0.0983. The second kappa shape index (κ2) is 5.14. The molecule has 1 amide bonds. The first-order valence-electron chi connectivity index (χ1n) is 6.20. The van der Waals surface area contributed by atoms with Gasteiger partial charge in [-0.15, -0.1) is 0 Å². The van der Waals surface area contributed by atoms with Crippen LogP contribution in [0.4, 0.5) is 11.4 Å². The van der Waals surface area contributed by atoms with E-state index in [9.17, 15) is 4.79 Å². The molecular weight excluding hydrogens is 240 g/mol. The fourth-order valence-electron chi connectivity index (χ4n) is 1.92. The molecule has 5 nitrogen and oxygen atoms in total. The van der Waals surface area contributed by atoms with E-state index in [1.165, 1.54) is 6.20 Å². The maximum atomic E-state index is 12.5. The van der Waals surface area contributed by atoms with Gasteiger partial charge in [0.2, 0.25) is 0 Å². The highest BCUT2D eigenvalue weighted by Crippen LogP contribution is 2.19. The first-order valence-corrected chi connectivity index (χ1v) is 6.20. The van der Waals surface area contributed by atoms with Crippen molar-refractivity contribution in [1.29, 1.82) is 0 Å². The Morgan fingerprint density at radius 1 is 1.37 bits per heavy atom. The number of carbonyl (C=O) groups excluding carboxylic acids is 1. The molecule has 0 unspecified atom stereocenters. The monoisotopic (exact) mass is 258 g/mol. The largest absolute Gasteiger partial charge is 0.396 e. The normalized spacial score (nSPS) is 10.5. The molecule has 0 radical (unpaired) electrons. The summed E-state index contributed by atoms with van der Waals surface area (Å²) in [4.78, 5) is 14.1. The van der Waals surface area contributed by atoms with Crippen molar-refractivity contribution in [2.24, 2.45) is 0 Å². The Bertz CT molecular complexity index is 586. The number of nitrogen functional groups attached to an aromatic ring is 1. The highest BCUT2D eigenvalue weighted by atomic mass is 16.2. The zero-order valence-corrected chi connectivity index (χ0v) is 11.4. The minimum Gasteiger partial charge on any atom is -0.396 e. The minimum absolute atomic E-state index is 0.152. The minimum atomic E-state index is -0.152. The van der Waals surface area contributed by atoms with Gasteiger partial charge in [0.25, 0.3) is 5.91 Å². The van der Waals surface area contributed by atoms with E-state index in [1.54, 1.807) is 16.6 Å². The number of hydrogen-bond acceptors (Lipinski definition) is 3. The van der Waals surface area contributed by atoms with Crippen LogP contribution < -0.4 is 10.6 Å². The molecule has 0 aliphatic rings. The number of nitrogens with two attached hydrogens (primary N) is 1. The van der Waals surface area contributed by atoms with Crippen molar-refractivity contribution in [3.8, 4) is 0 Å². The summed E-state index contributed by atoms with van der Waals surface area (Å²) in [6, 6.07) is 7.77. The Morgan fingerprint density at radius 2 is 2.00 bits per heavy atom. The summed E-state index contributed by atoms with van der Waals surface area (Å²) in [5, 5.41) is 4.09. The molecule has 19 heavy (non-hydrogen) atoms. The first-order chi connectivity index (χ1) is 9.04. The van der Waals surface area contributed by atoms with Crippen molar-refractivity contribution < 1.29 is 4.79 Å². The maximum absolute atomic E-state index is 12.5. The molecule has 1 aromatic carbocycles. The fourth-order valence-corrected chi connectivity index (χ4v) is 1.92. The van der Waals surface area contributed by atoms with E-state index in [0.29, 0.717) is 17.9 Å². The molecular formula is C14H18N4O. The van der Waals surface area contributed by atoms with Crippen molar-refractivity contribution in [3.05, 3.63) is 41.7 Å². The molecule has 0 saturated heterocycles. The van der Waals surface area contributed by atoms with Crippen LogP contribution in [0.5, 0.6) is 0 Å². The van der Waals surface area contributed by atoms with Crippen molar-refractivity contribution in [2.75, 3.05) is 17.7 Å². The Kier molecular flexibility index (Phi) is 3.55. The van der Waals surface area contributed by atoms with Gasteiger partial charge in [-0.05, 0) is 26.0 Å². The molecule has 2 rings (SSSR count). The number of aromatic nitrogens is 2. The topological polar surface area (TPSA) is 64.2 Å². The van der Waals surface area contributed by atoms with Crippen LogP contribution in [0.1, 0.15) is 23.0 Å². The Hall–Kier alpha value is -2.30. The zero-order chi connectivity index (χ0) is 14.0.